The second kappa shape index (κ2) is 5.67. The average Bonchev–Trinajstić information content (AvgIpc) is 2.85. The highest BCUT2D eigenvalue weighted by Crippen LogP contribution is 2.24. The number of halogens is 1. The molecule has 98 valence electrons. The molecule has 0 bridgehead atoms. The fourth-order valence-electron chi connectivity index (χ4n) is 2.05. The van der Waals surface area contributed by atoms with E-state index in [-0.39, 0.29) is 5.69 Å². The number of benzene rings is 1. The highest BCUT2D eigenvalue weighted by atomic mass is 32.2. The van der Waals surface area contributed by atoms with E-state index in [9.17, 15) is 14.5 Å². The molecule has 6 heteroatoms. The van der Waals surface area contributed by atoms with Crippen LogP contribution in [0, 0.1) is 15.9 Å². The molecule has 1 fully saturated rings. The van der Waals surface area contributed by atoms with Crippen LogP contribution in [0.5, 0.6) is 0 Å². The molecule has 0 aromatic heterocycles. The normalized spacial score (nSPS) is 19.4. The van der Waals surface area contributed by atoms with E-state index in [0.717, 1.165) is 24.0 Å². The van der Waals surface area contributed by atoms with Gasteiger partial charge < -0.3 is 0 Å². The second-order valence-electron chi connectivity index (χ2n) is 4.47. The summed E-state index contributed by atoms with van der Waals surface area (Å²) in [7, 11) is 1.97. The van der Waals surface area contributed by atoms with Gasteiger partial charge in [-0.2, -0.15) is 11.8 Å². The van der Waals surface area contributed by atoms with Crippen molar-refractivity contribution in [2.75, 3.05) is 18.6 Å². The van der Waals surface area contributed by atoms with Gasteiger partial charge in [0, 0.05) is 30.0 Å². The van der Waals surface area contributed by atoms with Crippen molar-refractivity contribution in [2.24, 2.45) is 0 Å². The van der Waals surface area contributed by atoms with Crippen LogP contribution in [0.3, 0.4) is 0 Å². The molecule has 0 spiro atoms. The molecule has 4 nitrogen and oxygen atoms in total. The second-order valence-corrected chi connectivity index (χ2v) is 5.62. The maximum absolute atomic E-state index is 13.7. The standard InChI is InChI=1S/C12H15FN2O2S/c1-14(11-4-5-18-8-11)7-9-2-3-10(15(16)17)6-12(9)13/h2-3,6,11H,4-5,7-8H2,1H3/t11-/m1/s1. The lowest BCUT2D eigenvalue weighted by Gasteiger charge is -2.23. The molecule has 1 aliphatic rings. The molecule has 0 radical (unpaired) electrons. The largest absolute Gasteiger partial charge is 0.298 e. The maximum Gasteiger partial charge on any atom is 0.272 e. The van der Waals surface area contributed by atoms with E-state index in [4.69, 9.17) is 0 Å². The SMILES string of the molecule is CN(Cc1ccc([N+](=O)[O-])cc1F)[C@@H]1CCSC1. The Morgan fingerprint density at radius 1 is 1.61 bits per heavy atom. The summed E-state index contributed by atoms with van der Waals surface area (Å²) >= 11 is 1.91. The lowest BCUT2D eigenvalue weighted by molar-refractivity contribution is -0.385. The van der Waals surface area contributed by atoms with Crippen LogP contribution in [0.4, 0.5) is 10.1 Å². The summed E-state index contributed by atoms with van der Waals surface area (Å²) in [5, 5.41) is 10.5. The van der Waals surface area contributed by atoms with Gasteiger partial charge >= 0.3 is 0 Å². The molecule has 0 N–H and O–H groups in total. The molecule has 0 amide bonds. The van der Waals surface area contributed by atoms with Crippen LogP contribution in [-0.4, -0.2) is 34.4 Å². The number of hydrogen-bond acceptors (Lipinski definition) is 4. The van der Waals surface area contributed by atoms with Gasteiger partial charge in [-0.05, 0) is 25.3 Å². The van der Waals surface area contributed by atoms with Gasteiger partial charge in [-0.3, -0.25) is 15.0 Å². The van der Waals surface area contributed by atoms with Crippen molar-refractivity contribution in [1.82, 2.24) is 4.90 Å². The topological polar surface area (TPSA) is 46.4 Å². The fourth-order valence-corrected chi connectivity index (χ4v) is 3.34. The molecular formula is C12H15FN2O2S. The first kappa shape index (κ1) is 13.3. The van der Waals surface area contributed by atoms with Gasteiger partial charge in [-0.1, -0.05) is 0 Å². The van der Waals surface area contributed by atoms with Crippen LogP contribution in [0.2, 0.25) is 0 Å². The summed E-state index contributed by atoms with van der Waals surface area (Å²) in [5.41, 5.74) is 0.315. The van der Waals surface area contributed by atoms with E-state index in [2.05, 4.69) is 4.90 Å². The summed E-state index contributed by atoms with van der Waals surface area (Å²) in [4.78, 5) is 12.1. The van der Waals surface area contributed by atoms with Crippen LogP contribution in [0.1, 0.15) is 12.0 Å². The van der Waals surface area contributed by atoms with Crippen molar-refractivity contribution in [3.05, 3.63) is 39.7 Å². The van der Waals surface area contributed by atoms with Crippen molar-refractivity contribution in [3.8, 4) is 0 Å². The Balaban J connectivity index is 2.06. The third kappa shape index (κ3) is 3.00. The van der Waals surface area contributed by atoms with Crippen LogP contribution < -0.4 is 0 Å². The first-order valence-electron chi connectivity index (χ1n) is 5.78. The van der Waals surface area contributed by atoms with Gasteiger partial charge in [0.15, 0.2) is 0 Å². The first-order valence-corrected chi connectivity index (χ1v) is 6.94. The summed E-state index contributed by atoms with van der Waals surface area (Å²) in [6, 6.07) is 4.33. The molecule has 18 heavy (non-hydrogen) atoms. The number of nitrogens with zero attached hydrogens (tertiary/aromatic N) is 2. The van der Waals surface area contributed by atoms with E-state index in [1.54, 1.807) is 0 Å². The molecule has 1 aromatic carbocycles. The summed E-state index contributed by atoms with van der Waals surface area (Å²) in [5.74, 6) is 1.73. The summed E-state index contributed by atoms with van der Waals surface area (Å²) in [6.07, 6.45) is 1.12. The third-order valence-electron chi connectivity index (χ3n) is 3.20. The Kier molecular flexibility index (Phi) is 4.19. The monoisotopic (exact) mass is 270 g/mol. The van der Waals surface area contributed by atoms with Crippen LogP contribution in [-0.2, 0) is 6.54 Å². The van der Waals surface area contributed by atoms with Gasteiger partial charge in [0.2, 0.25) is 0 Å². The quantitative estimate of drug-likeness (QED) is 0.623. The number of rotatable bonds is 4. The molecule has 1 atom stereocenters. The maximum atomic E-state index is 13.7. The number of thioether (sulfide) groups is 1. The van der Waals surface area contributed by atoms with Crippen molar-refractivity contribution >= 4 is 17.4 Å². The minimum atomic E-state index is -0.579. The lowest BCUT2D eigenvalue weighted by Crippen LogP contribution is -2.31. The zero-order chi connectivity index (χ0) is 13.1. The smallest absolute Gasteiger partial charge is 0.272 e. The summed E-state index contributed by atoms with van der Waals surface area (Å²) in [6.45, 7) is 0.495. The van der Waals surface area contributed by atoms with E-state index in [1.807, 2.05) is 18.8 Å². The van der Waals surface area contributed by atoms with Crippen LogP contribution >= 0.6 is 11.8 Å². The van der Waals surface area contributed by atoms with Crippen molar-refractivity contribution < 1.29 is 9.31 Å². The zero-order valence-electron chi connectivity index (χ0n) is 10.1. The predicted molar refractivity (Wildman–Crippen MR) is 70.3 cm³/mol. The van der Waals surface area contributed by atoms with Crippen molar-refractivity contribution in [1.29, 1.82) is 0 Å². The fraction of sp³-hybridized carbons (Fsp3) is 0.500. The van der Waals surface area contributed by atoms with Crippen molar-refractivity contribution in [3.63, 3.8) is 0 Å². The van der Waals surface area contributed by atoms with E-state index in [1.165, 1.54) is 12.1 Å². The molecule has 1 heterocycles. The van der Waals surface area contributed by atoms with Crippen LogP contribution in [0.15, 0.2) is 18.2 Å². The molecule has 0 aliphatic carbocycles. The number of hydrogen-bond donors (Lipinski definition) is 0. The molecule has 1 aromatic rings. The zero-order valence-corrected chi connectivity index (χ0v) is 11.0. The predicted octanol–water partition coefficient (Wildman–Crippen LogP) is 2.67. The number of nitro groups is 1. The van der Waals surface area contributed by atoms with E-state index in [0.29, 0.717) is 18.2 Å². The van der Waals surface area contributed by atoms with Gasteiger partial charge in [0.05, 0.1) is 11.0 Å². The Morgan fingerprint density at radius 2 is 2.39 bits per heavy atom. The molecule has 1 saturated heterocycles. The minimum Gasteiger partial charge on any atom is -0.298 e. The molecular weight excluding hydrogens is 255 g/mol. The minimum absolute atomic E-state index is 0.199. The van der Waals surface area contributed by atoms with Gasteiger partial charge in [0.25, 0.3) is 5.69 Å². The molecule has 0 unspecified atom stereocenters. The first-order chi connectivity index (χ1) is 8.58. The van der Waals surface area contributed by atoms with E-state index >= 15 is 0 Å². The van der Waals surface area contributed by atoms with Gasteiger partial charge in [-0.25, -0.2) is 4.39 Å². The molecule has 0 saturated carbocycles. The van der Waals surface area contributed by atoms with Crippen molar-refractivity contribution in [2.45, 2.75) is 19.0 Å². The average molecular weight is 270 g/mol. The Labute approximate surface area is 109 Å². The highest BCUT2D eigenvalue weighted by Gasteiger charge is 2.21. The highest BCUT2D eigenvalue weighted by molar-refractivity contribution is 7.99. The molecule has 2 rings (SSSR count). The summed E-state index contributed by atoms with van der Waals surface area (Å²) < 4.78 is 13.7. The number of non-ortho nitro benzene ring substituents is 1. The Morgan fingerprint density at radius 3 is 2.94 bits per heavy atom. The van der Waals surface area contributed by atoms with Gasteiger partial charge in [0.1, 0.15) is 5.82 Å². The Hall–Kier alpha value is -1.14. The Bertz CT molecular complexity index is 450. The van der Waals surface area contributed by atoms with Crippen LogP contribution in [0.25, 0.3) is 0 Å². The van der Waals surface area contributed by atoms with E-state index < -0.39 is 10.7 Å². The lowest BCUT2D eigenvalue weighted by atomic mass is 10.1. The number of nitro benzene ring substituents is 1. The molecule has 1 aliphatic heterocycles. The third-order valence-corrected chi connectivity index (χ3v) is 4.34. The van der Waals surface area contributed by atoms with Gasteiger partial charge in [-0.15, -0.1) is 0 Å².